The Morgan fingerprint density at radius 1 is 1.05 bits per heavy atom. The maximum Gasteiger partial charge on any atom is 0.418 e. The number of benzene rings is 1. The van der Waals surface area contributed by atoms with Crippen molar-refractivity contribution >= 4 is 27.6 Å². The van der Waals surface area contributed by atoms with Gasteiger partial charge in [0.2, 0.25) is 10.0 Å². The molecule has 3 aliphatic rings. The fourth-order valence-electron chi connectivity index (χ4n) is 5.96. The monoisotopic (exact) mass is 554 g/mol. The first-order valence-corrected chi connectivity index (χ1v) is 14.8. The molecule has 9 nitrogen and oxygen atoms in total. The highest BCUT2D eigenvalue weighted by atomic mass is 32.2. The maximum absolute atomic E-state index is 13.9. The number of piperidine rings is 1. The Bertz CT molecular complexity index is 1280. The van der Waals surface area contributed by atoms with E-state index in [0.29, 0.717) is 38.3 Å². The molecule has 1 amide bonds. The van der Waals surface area contributed by atoms with Crippen molar-refractivity contribution in [3.63, 3.8) is 0 Å². The first kappa shape index (κ1) is 26.8. The summed E-state index contributed by atoms with van der Waals surface area (Å²) in [7, 11) is -3.49. The van der Waals surface area contributed by atoms with E-state index in [2.05, 4.69) is 14.7 Å². The minimum Gasteiger partial charge on any atom is -0.371 e. The van der Waals surface area contributed by atoms with E-state index in [4.69, 9.17) is 0 Å². The van der Waals surface area contributed by atoms with Crippen LogP contribution < -0.4 is 9.62 Å². The molecule has 0 radical (unpaired) electrons. The number of hydrogen-bond acceptors (Lipinski definition) is 6. The second-order valence-corrected chi connectivity index (χ2v) is 12.5. The van der Waals surface area contributed by atoms with Gasteiger partial charge in [0.05, 0.1) is 11.8 Å². The van der Waals surface area contributed by atoms with Crippen molar-refractivity contribution in [3.8, 4) is 0 Å². The lowest BCUT2D eigenvalue weighted by Crippen LogP contribution is -2.45. The molecule has 0 atom stereocenters. The highest BCUT2D eigenvalue weighted by Gasteiger charge is 2.42. The quantitative estimate of drug-likeness (QED) is 0.604. The van der Waals surface area contributed by atoms with Gasteiger partial charge in [-0.05, 0) is 61.8 Å². The minimum absolute atomic E-state index is 0.0340. The van der Waals surface area contributed by atoms with Crippen LogP contribution in [0.15, 0.2) is 30.5 Å². The molecular weight excluding hydrogens is 521 g/mol. The third-order valence-electron chi connectivity index (χ3n) is 7.91. The third kappa shape index (κ3) is 5.93. The van der Waals surface area contributed by atoms with Crippen molar-refractivity contribution in [3.05, 3.63) is 41.6 Å². The van der Waals surface area contributed by atoms with Crippen molar-refractivity contribution in [2.45, 2.75) is 44.8 Å². The lowest BCUT2D eigenvalue weighted by Gasteiger charge is -2.39. The van der Waals surface area contributed by atoms with E-state index in [1.807, 2.05) is 11.0 Å². The Morgan fingerprint density at radius 3 is 2.39 bits per heavy atom. The van der Waals surface area contributed by atoms with Gasteiger partial charge in [-0.25, -0.2) is 13.2 Å². The Balaban J connectivity index is 1.19. The summed E-state index contributed by atoms with van der Waals surface area (Å²) in [4.78, 5) is 18.6. The molecule has 1 N–H and O–H groups in total. The molecule has 3 fully saturated rings. The van der Waals surface area contributed by atoms with E-state index in [0.717, 1.165) is 56.1 Å². The van der Waals surface area contributed by atoms with Crippen LogP contribution in [0.5, 0.6) is 0 Å². The van der Waals surface area contributed by atoms with Crippen LogP contribution in [-0.2, 0) is 22.7 Å². The first-order chi connectivity index (χ1) is 17.9. The van der Waals surface area contributed by atoms with Gasteiger partial charge >= 0.3 is 12.2 Å². The molecule has 3 saturated heterocycles. The van der Waals surface area contributed by atoms with Gasteiger partial charge in [0, 0.05) is 57.2 Å². The van der Waals surface area contributed by atoms with Crippen LogP contribution >= 0.6 is 0 Å². The summed E-state index contributed by atoms with van der Waals surface area (Å²) in [6, 6.07) is 5.89. The summed E-state index contributed by atoms with van der Waals surface area (Å²) >= 11 is 0. The van der Waals surface area contributed by atoms with E-state index in [-0.39, 0.29) is 23.0 Å². The van der Waals surface area contributed by atoms with E-state index in [1.165, 1.54) is 18.3 Å². The van der Waals surface area contributed by atoms with Gasteiger partial charge in [0.25, 0.3) is 0 Å². The van der Waals surface area contributed by atoms with Gasteiger partial charge in [-0.3, -0.25) is 9.62 Å². The number of likely N-dealkylation sites (tertiary alicyclic amines) is 2. The van der Waals surface area contributed by atoms with Gasteiger partial charge in [-0.15, -0.1) is 5.10 Å². The van der Waals surface area contributed by atoms with Crippen LogP contribution in [0.3, 0.4) is 0 Å². The molecule has 1 spiro atoms. The molecule has 2 aromatic rings. The highest BCUT2D eigenvalue weighted by Crippen LogP contribution is 2.42. The molecule has 38 heavy (non-hydrogen) atoms. The molecule has 0 aliphatic carbocycles. The van der Waals surface area contributed by atoms with Crippen molar-refractivity contribution in [2.24, 2.45) is 5.41 Å². The SMILES string of the molecule is CS(=O)(=O)Nc1ccn(C(=O)N2CCC3(CCN(Cc4ccc(N5CCCC5)c(C(F)(F)F)c4)C3)CC2)n1. The summed E-state index contributed by atoms with van der Waals surface area (Å²) < 4.78 is 67.8. The molecule has 4 heterocycles. The van der Waals surface area contributed by atoms with Gasteiger partial charge in [-0.2, -0.15) is 17.9 Å². The molecule has 3 aliphatic heterocycles. The number of sulfonamides is 1. The van der Waals surface area contributed by atoms with E-state index >= 15 is 0 Å². The second kappa shape index (κ2) is 10.1. The zero-order chi connectivity index (χ0) is 27.1. The number of nitrogens with one attached hydrogen (secondary N) is 1. The van der Waals surface area contributed by atoms with Crippen LogP contribution in [0, 0.1) is 5.41 Å². The standard InChI is InChI=1S/C25H33F3N6O3S/c1-38(36,37)30-22-6-12-34(29-22)23(35)33-14-8-24(9-15-33)7-13-31(18-24)17-19-4-5-21(32-10-2-3-11-32)20(16-19)25(26,27)28/h4-6,12,16H,2-3,7-11,13-15,17-18H2,1H3,(H,29,30). The molecule has 208 valence electrons. The summed E-state index contributed by atoms with van der Waals surface area (Å²) in [5.41, 5.74) is 0.435. The van der Waals surface area contributed by atoms with E-state index in [9.17, 15) is 26.4 Å². The largest absolute Gasteiger partial charge is 0.418 e. The predicted octanol–water partition coefficient (Wildman–Crippen LogP) is 3.83. The smallest absolute Gasteiger partial charge is 0.371 e. The molecule has 0 saturated carbocycles. The number of amides is 1. The molecule has 13 heteroatoms. The lowest BCUT2D eigenvalue weighted by molar-refractivity contribution is -0.137. The summed E-state index contributed by atoms with van der Waals surface area (Å²) in [6.45, 7) is 4.48. The van der Waals surface area contributed by atoms with Crippen LogP contribution in [0.25, 0.3) is 0 Å². The van der Waals surface area contributed by atoms with E-state index < -0.39 is 21.8 Å². The number of halogens is 3. The summed E-state index contributed by atoms with van der Waals surface area (Å²) in [6.07, 6.45) is 2.43. The zero-order valence-corrected chi connectivity index (χ0v) is 22.2. The zero-order valence-electron chi connectivity index (χ0n) is 21.4. The lowest BCUT2D eigenvalue weighted by atomic mass is 9.78. The highest BCUT2D eigenvalue weighted by molar-refractivity contribution is 7.92. The number of alkyl halides is 3. The fraction of sp³-hybridized carbons (Fsp3) is 0.600. The van der Waals surface area contributed by atoms with Crippen LogP contribution in [0.1, 0.15) is 43.2 Å². The van der Waals surface area contributed by atoms with Gasteiger partial charge in [0.15, 0.2) is 5.82 Å². The van der Waals surface area contributed by atoms with Crippen molar-refractivity contribution in [2.75, 3.05) is 55.1 Å². The molecule has 5 rings (SSSR count). The summed E-state index contributed by atoms with van der Waals surface area (Å²) in [5, 5.41) is 4.02. The van der Waals surface area contributed by atoms with Crippen molar-refractivity contribution in [1.82, 2.24) is 19.6 Å². The molecule has 1 aromatic carbocycles. The van der Waals surface area contributed by atoms with Gasteiger partial charge in [0.1, 0.15) is 0 Å². The molecular formula is C25H33F3N6O3S. The van der Waals surface area contributed by atoms with Crippen molar-refractivity contribution in [1.29, 1.82) is 0 Å². The number of carbonyl (C=O) groups excluding carboxylic acids is 1. The first-order valence-electron chi connectivity index (χ1n) is 12.9. The number of nitrogens with zero attached hydrogens (tertiary/aromatic N) is 5. The van der Waals surface area contributed by atoms with Crippen LogP contribution in [0.2, 0.25) is 0 Å². The Morgan fingerprint density at radius 2 is 1.74 bits per heavy atom. The normalized spacial score (nSPS) is 20.4. The molecule has 0 unspecified atom stereocenters. The van der Waals surface area contributed by atoms with E-state index in [1.54, 1.807) is 11.0 Å². The number of hydrogen-bond donors (Lipinski definition) is 1. The fourth-order valence-corrected chi connectivity index (χ4v) is 6.45. The van der Waals surface area contributed by atoms with Crippen molar-refractivity contribution < 1.29 is 26.4 Å². The topological polar surface area (TPSA) is 90.8 Å². The van der Waals surface area contributed by atoms with Crippen LogP contribution in [-0.4, -0.2) is 79.6 Å². The number of anilines is 2. The second-order valence-electron chi connectivity index (χ2n) is 10.8. The third-order valence-corrected chi connectivity index (χ3v) is 8.49. The maximum atomic E-state index is 13.9. The minimum atomic E-state index is -4.39. The Labute approximate surface area is 220 Å². The Kier molecular flexibility index (Phi) is 7.10. The van der Waals surface area contributed by atoms with Crippen LogP contribution in [0.4, 0.5) is 29.5 Å². The van der Waals surface area contributed by atoms with Gasteiger partial charge in [-0.1, -0.05) is 6.07 Å². The molecule has 0 bridgehead atoms. The molecule has 1 aromatic heterocycles. The van der Waals surface area contributed by atoms with Gasteiger partial charge < -0.3 is 9.80 Å². The predicted molar refractivity (Wildman–Crippen MR) is 138 cm³/mol. The average Bonchev–Trinajstić information content (AvgIpc) is 3.60. The number of rotatable bonds is 5. The number of aromatic nitrogens is 2. The number of carbonyl (C=O) groups is 1. The Hall–Kier alpha value is -2.80. The summed E-state index contributed by atoms with van der Waals surface area (Å²) in [5.74, 6) is 0.0860. The average molecular weight is 555 g/mol.